The van der Waals surface area contributed by atoms with Gasteiger partial charge in [0.2, 0.25) is 0 Å². The minimum atomic E-state index is 0. The fraction of sp³-hybridized carbons (Fsp3) is 0.615. The van der Waals surface area contributed by atoms with Crippen LogP contribution in [0.3, 0.4) is 0 Å². The van der Waals surface area contributed by atoms with E-state index in [1.54, 1.807) is 0 Å². The molecular weight excluding hydrogens is 314 g/mol. The Morgan fingerprint density at radius 1 is 1.44 bits per heavy atom. The highest BCUT2D eigenvalue weighted by Gasteiger charge is 2.21. The molecule has 3 nitrogen and oxygen atoms in total. The highest BCUT2D eigenvalue weighted by Crippen LogP contribution is 2.20. The lowest BCUT2D eigenvalue weighted by Gasteiger charge is -2.33. The van der Waals surface area contributed by atoms with Crippen LogP contribution in [0.15, 0.2) is 22.8 Å². The van der Waals surface area contributed by atoms with Crippen LogP contribution >= 0.6 is 28.3 Å². The zero-order valence-electron chi connectivity index (χ0n) is 10.7. The summed E-state index contributed by atoms with van der Waals surface area (Å²) in [5.41, 5.74) is 7.09. The van der Waals surface area contributed by atoms with E-state index in [2.05, 4.69) is 44.9 Å². The van der Waals surface area contributed by atoms with E-state index in [-0.39, 0.29) is 12.4 Å². The Hall–Kier alpha value is -0.160. The molecule has 1 aliphatic rings. The third kappa shape index (κ3) is 4.50. The van der Waals surface area contributed by atoms with E-state index in [4.69, 9.17) is 5.73 Å². The van der Waals surface area contributed by atoms with Crippen LogP contribution in [0.1, 0.15) is 25.5 Å². The Bertz CT molecular complexity index is 348. The third-order valence-corrected chi connectivity index (χ3v) is 4.02. The van der Waals surface area contributed by atoms with E-state index in [1.165, 1.54) is 12.8 Å². The fourth-order valence-electron chi connectivity index (χ4n) is 2.37. The van der Waals surface area contributed by atoms with Crippen molar-refractivity contribution in [2.75, 3.05) is 13.1 Å². The van der Waals surface area contributed by atoms with Gasteiger partial charge in [-0.3, -0.25) is 9.88 Å². The lowest BCUT2D eigenvalue weighted by Crippen LogP contribution is -2.39. The lowest BCUT2D eigenvalue weighted by molar-refractivity contribution is 0.164. The predicted octanol–water partition coefficient (Wildman–Crippen LogP) is 2.83. The van der Waals surface area contributed by atoms with Gasteiger partial charge in [0.05, 0.1) is 5.69 Å². The van der Waals surface area contributed by atoms with Crippen LogP contribution in [-0.4, -0.2) is 29.0 Å². The summed E-state index contributed by atoms with van der Waals surface area (Å²) in [5, 5.41) is 0. The van der Waals surface area contributed by atoms with Gasteiger partial charge in [0, 0.05) is 23.3 Å². The SMILES string of the molecule is CC(N)C1CCN(Cc2ccc(Br)cn2)CC1.Cl. The average molecular weight is 335 g/mol. The Morgan fingerprint density at radius 2 is 2.11 bits per heavy atom. The second-order valence-corrected chi connectivity index (χ2v) is 5.86. The normalized spacial score (nSPS) is 19.3. The van der Waals surface area contributed by atoms with Crippen molar-refractivity contribution in [2.24, 2.45) is 11.7 Å². The summed E-state index contributed by atoms with van der Waals surface area (Å²) in [6.07, 6.45) is 4.30. The largest absolute Gasteiger partial charge is 0.328 e. The molecule has 1 aromatic heterocycles. The zero-order chi connectivity index (χ0) is 12.3. The first-order chi connectivity index (χ1) is 8.15. The van der Waals surface area contributed by atoms with Crippen molar-refractivity contribution in [1.82, 2.24) is 9.88 Å². The Kier molecular flexibility index (Phi) is 6.57. The first-order valence-electron chi connectivity index (χ1n) is 6.23. The summed E-state index contributed by atoms with van der Waals surface area (Å²) >= 11 is 3.40. The van der Waals surface area contributed by atoms with Gasteiger partial charge in [0.25, 0.3) is 0 Å². The number of hydrogen-bond donors (Lipinski definition) is 1. The molecule has 0 spiro atoms. The molecule has 1 fully saturated rings. The molecule has 0 aliphatic carbocycles. The summed E-state index contributed by atoms with van der Waals surface area (Å²) in [6.45, 7) is 5.36. The zero-order valence-corrected chi connectivity index (χ0v) is 13.1. The second-order valence-electron chi connectivity index (χ2n) is 4.94. The molecule has 2 heterocycles. The van der Waals surface area contributed by atoms with Crippen LogP contribution in [-0.2, 0) is 6.54 Å². The van der Waals surface area contributed by atoms with Crippen molar-refractivity contribution in [3.05, 3.63) is 28.5 Å². The van der Waals surface area contributed by atoms with Gasteiger partial charge in [-0.1, -0.05) is 0 Å². The molecule has 18 heavy (non-hydrogen) atoms. The van der Waals surface area contributed by atoms with Crippen molar-refractivity contribution < 1.29 is 0 Å². The first-order valence-corrected chi connectivity index (χ1v) is 7.03. The van der Waals surface area contributed by atoms with Gasteiger partial charge in [-0.25, -0.2) is 0 Å². The van der Waals surface area contributed by atoms with Crippen LogP contribution < -0.4 is 5.73 Å². The fourth-order valence-corrected chi connectivity index (χ4v) is 2.60. The number of halogens is 2. The first kappa shape index (κ1) is 15.9. The maximum absolute atomic E-state index is 5.95. The molecule has 102 valence electrons. The number of rotatable bonds is 3. The molecule has 2 N–H and O–H groups in total. The Balaban J connectivity index is 0.00000162. The molecule has 0 radical (unpaired) electrons. The summed E-state index contributed by atoms with van der Waals surface area (Å²) in [7, 11) is 0. The van der Waals surface area contributed by atoms with E-state index < -0.39 is 0 Å². The van der Waals surface area contributed by atoms with Gasteiger partial charge in [0.1, 0.15) is 0 Å². The van der Waals surface area contributed by atoms with Gasteiger partial charge < -0.3 is 5.73 Å². The summed E-state index contributed by atoms with van der Waals surface area (Å²) < 4.78 is 1.04. The maximum atomic E-state index is 5.95. The number of piperidine rings is 1. The number of likely N-dealkylation sites (tertiary alicyclic amines) is 1. The standard InChI is InChI=1S/C13H20BrN3.ClH/c1-10(15)11-4-6-17(7-5-11)9-13-3-2-12(14)8-16-13;/h2-3,8,10-11H,4-7,9,15H2,1H3;1H. The second kappa shape index (κ2) is 7.43. The molecule has 1 aliphatic heterocycles. The van der Waals surface area contributed by atoms with Crippen LogP contribution in [0.5, 0.6) is 0 Å². The summed E-state index contributed by atoms with van der Waals surface area (Å²) in [4.78, 5) is 6.88. The molecule has 1 atom stereocenters. The molecule has 1 unspecified atom stereocenters. The van der Waals surface area contributed by atoms with Crippen molar-refractivity contribution in [3.8, 4) is 0 Å². The molecular formula is C13H21BrClN3. The smallest absolute Gasteiger partial charge is 0.0544 e. The lowest BCUT2D eigenvalue weighted by atomic mass is 9.91. The average Bonchev–Trinajstić information content (AvgIpc) is 2.33. The van der Waals surface area contributed by atoms with Crippen LogP contribution in [0, 0.1) is 5.92 Å². The molecule has 2 rings (SSSR count). The van der Waals surface area contributed by atoms with Crippen LogP contribution in [0.25, 0.3) is 0 Å². The molecule has 1 saturated heterocycles. The van der Waals surface area contributed by atoms with E-state index in [9.17, 15) is 0 Å². The number of nitrogens with zero attached hydrogens (tertiary/aromatic N) is 2. The highest BCUT2D eigenvalue weighted by molar-refractivity contribution is 9.10. The number of hydrogen-bond acceptors (Lipinski definition) is 3. The molecule has 0 saturated carbocycles. The van der Waals surface area contributed by atoms with E-state index in [1.807, 2.05) is 6.20 Å². The molecule has 5 heteroatoms. The molecule has 1 aromatic rings. The van der Waals surface area contributed by atoms with Crippen molar-refractivity contribution in [1.29, 1.82) is 0 Å². The molecule has 0 amide bonds. The highest BCUT2D eigenvalue weighted by atomic mass is 79.9. The Morgan fingerprint density at radius 3 is 2.61 bits per heavy atom. The molecule has 0 bridgehead atoms. The summed E-state index contributed by atoms with van der Waals surface area (Å²) in [6, 6.07) is 4.47. The van der Waals surface area contributed by atoms with Gasteiger partial charge >= 0.3 is 0 Å². The van der Waals surface area contributed by atoms with Gasteiger partial charge in [-0.15, -0.1) is 12.4 Å². The van der Waals surface area contributed by atoms with E-state index in [0.717, 1.165) is 29.8 Å². The van der Waals surface area contributed by atoms with Crippen LogP contribution in [0.4, 0.5) is 0 Å². The third-order valence-electron chi connectivity index (χ3n) is 3.55. The number of aromatic nitrogens is 1. The Labute approximate surface area is 124 Å². The maximum Gasteiger partial charge on any atom is 0.0544 e. The van der Waals surface area contributed by atoms with E-state index >= 15 is 0 Å². The van der Waals surface area contributed by atoms with Gasteiger partial charge in [-0.05, 0) is 66.8 Å². The predicted molar refractivity (Wildman–Crippen MR) is 80.8 cm³/mol. The van der Waals surface area contributed by atoms with Gasteiger partial charge in [0.15, 0.2) is 0 Å². The van der Waals surface area contributed by atoms with Crippen LogP contribution in [0.2, 0.25) is 0 Å². The monoisotopic (exact) mass is 333 g/mol. The topological polar surface area (TPSA) is 42.1 Å². The minimum Gasteiger partial charge on any atom is -0.328 e. The summed E-state index contributed by atoms with van der Waals surface area (Å²) in [5.74, 6) is 0.698. The van der Waals surface area contributed by atoms with Gasteiger partial charge in [-0.2, -0.15) is 0 Å². The van der Waals surface area contributed by atoms with Crippen molar-refractivity contribution in [3.63, 3.8) is 0 Å². The van der Waals surface area contributed by atoms with Crippen molar-refractivity contribution in [2.45, 2.75) is 32.4 Å². The molecule has 0 aromatic carbocycles. The quantitative estimate of drug-likeness (QED) is 0.924. The number of nitrogens with two attached hydrogens (primary N) is 1. The minimum absolute atomic E-state index is 0. The van der Waals surface area contributed by atoms with E-state index in [0.29, 0.717) is 12.0 Å². The number of pyridine rings is 1. The van der Waals surface area contributed by atoms with Crippen molar-refractivity contribution >= 4 is 28.3 Å².